The molecule has 1 amide bonds. The SMILES string of the molecule is C=C/C=C(/C=O)C(N)=O. The van der Waals surface area contributed by atoms with Gasteiger partial charge < -0.3 is 5.73 Å². The van der Waals surface area contributed by atoms with Crippen LogP contribution in [0.2, 0.25) is 0 Å². The molecule has 0 aromatic rings. The van der Waals surface area contributed by atoms with Gasteiger partial charge in [-0.1, -0.05) is 12.7 Å². The number of hydrogen-bond donors (Lipinski definition) is 1. The van der Waals surface area contributed by atoms with Crippen LogP contribution in [0.5, 0.6) is 0 Å². The fraction of sp³-hybridized carbons (Fsp3) is 0. The average Bonchev–Trinajstić information content (AvgIpc) is 1.82. The van der Waals surface area contributed by atoms with E-state index >= 15 is 0 Å². The molecule has 0 unspecified atom stereocenters. The average molecular weight is 125 g/mol. The summed E-state index contributed by atoms with van der Waals surface area (Å²) in [5, 5.41) is 0. The predicted molar refractivity (Wildman–Crippen MR) is 33.5 cm³/mol. The normalized spacial score (nSPS) is 10.4. The van der Waals surface area contributed by atoms with Gasteiger partial charge in [0.1, 0.15) is 0 Å². The largest absolute Gasteiger partial charge is 0.365 e. The third-order valence-electron chi connectivity index (χ3n) is 0.709. The molecule has 0 bridgehead atoms. The minimum Gasteiger partial charge on any atom is -0.365 e. The van der Waals surface area contributed by atoms with E-state index in [1.165, 1.54) is 12.2 Å². The Hall–Kier alpha value is -1.38. The lowest BCUT2D eigenvalue weighted by Crippen LogP contribution is -2.14. The van der Waals surface area contributed by atoms with Crippen molar-refractivity contribution in [3.05, 3.63) is 24.3 Å². The molecule has 0 saturated heterocycles. The summed E-state index contributed by atoms with van der Waals surface area (Å²) < 4.78 is 0. The van der Waals surface area contributed by atoms with Crippen molar-refractivity contribution in [2.45, 2.75) is 0 Å². The van der Waals surface area contributed by atoms with Gasteiger partial charge in [-0.25, -0.2) is 0 Å². The lowest BCUT2D eigenvalue weighted by molar-refractivity contribution is -0.116. The first-order valence-corrected chi connectivity index (χ1v) is 2.30. The summed E-state index contributed by atoms with van der Waals surface area (Å²) in [4.78, 5) is 20.1. The first kappa shape index (κ1) is 7.62. The molecule has 0 aromatic carbocycles. The maximum Gasteiger partial charge on any atom is 0.252 e. The van der Waals surface area contributed by atoms with Crippen LogP contribution in [0, 0.1) is 0 Å². The summed E-state index contributed by atoms with van der Waals surface area (Å²) in [5.74, 6) is -0.732. The van der Waals surface area contributed by atoms with Gasteiger partial charge >= 0.3 is 0 Å². The number of aldehydes is 1. The Balaban J connectivity index is 4.32. The molecule has 3 heteroatoms. The molecular formula is C6H7NO2. The summed E-state index contributed by atoms with van der Waals surface area (Å²) in [7, 11) is 0. The molecule has 0 rings (SSSR count). The summed E-state index contributed by atoms with van der Waals surface area (Å²) in [5.41, 5.74) is 4.68. The Morgan fingerprint density at radius 3 is 2.22 bits per heavy atom. The Morgan fingerprint density at radius 1 is 1.56 bits per heavy atom. The topological polar surface area (TPSA) is 60.2 Å². The van der Waals surface area contributed by atoms with Gasteiger partial charge in [0.05, 0.1) is 5.57 Å². The summed E-state index contributed by atoms with van der Waals surface area (Å²) >= 11 is 0. The Kier molecular flexibility index (Phi) is 3.05. The molecule has 0 radical (unpaired) electrons. The molecule has 0 heterocycles. The van der Waals surface area contributed by atoms with Gasteiger partial charge in [-0.3, -0.25) is 9.59 Å². The van der Waals surface area contributed by atoms with Crippen molar-refractivity contribution in [3.8, 4) is 0 Å². The van der Waals surface area contributed by atoms with E-state index in [1.54, 1.807) is 0 Å². The first-order valence-electron chi connectivity index (χ1n) is 2.30. The number of carbonyl (C=O) groups excluding carboxylic acids is 2. The fourth-order valence-electron chi connectivity index (χ4n) is 0.306. The van der Waals surface area contributed by atoms with Crippen molar-refractivity contribution in [3.63, 3.8) is 0 Å². The van der Waals surface area contributed by atoms with Gasteiger partial charge in [0.25, 0.3) is 5.91 Å². The highest BCUT2D eigenvalue weighted by Gasteiger charge is 1.98. The van der Waals surface area contributed by atoms with Crippen LogP contribution in [0.1, 0.15) is 0 Å². The standard InChI is InChI=1S/C6H7NO2/c1-2-3-5(4-8)6(7)9/h2-4H,1H2,(H2,7,9)/b5-3-. The van der Waals surface area contributed by atoms with E-state index < -0.39 is 5.91 Å². The summed E-state index contributed by atoms with van der Waals surface area (Å²) in [6, 6.07) is 0. The lowest BCUT2D eigenvalue weighted by atomic mass is 10.2. The highest BCUT2D eigenvalue weighted by Crippen LogP contribution is 1.85. The zero-order valence-electron chi connectivity index (χ0n) is 4.83. The minimum absolute atomic E-state index is 0.0648. The van der Waals surface area contributed by atoms with Crippen LogP contribution in [0.3, 0.4) is 0 Å². The molecule has 9 heavy (non-hydrogen) atoms. The second kappa shape index (κ2) is 3.60. The van der Waals surface area contributed by atoms with Crippen molar-refractivity contribution in [1.29, 1.82) is 0 Å². The van der Waals surface area contributed by atoms with E-state index in [4.69, 9.17) is 5.73 Å². The van der Waals surface area contributed by atoms with Crippen molar-refractivity contribution >= 4 is 12.2 Å². The van der Waals surface area contributed by atoms with Crippen LogP contribution in [0.25, 0.3) is 0 Å². The highest BCUT2D eigenvalue weighted by atomic mass is 16.2. The van der Waals surface area contributed by atoms with Crippen LogP contribution in [0.4, 0.5) is 0 Å². The lowest BCUT2D eigenvalue weighted by Gasteiger charge is -1.85. The van der Waals surface area contributed by atoms with Crippen LogP contribution < -0.4 is 5.73 Å². The molecule has 0 fully saturated rings. The second-order valence-corrected chi connectivity index (χ2v) is 1.34. The van der Waals surface area contributed by atoms with Crippen molar-refractivity contribution < 1.29 is 9.59 Å². The predicted octanol–water partition coefficient (Wildman–Crippen LogP) is -0.217. The number of amides is 1. The maximum absolute atomic E-state index is 10.2. The minimum atomic E-state index is -0.732. The Bertz CT molecular complexity index is 170. The van der Waals surface area contributed by atoms with Gasteiger partial charge in [0.2, 0.25) is 0 Å². The maximum atomic E-state index is 10.2. The van der Waals surface area contributed by atoms with E-state index in [1.807, 2.05) is 0 Å². The molecule has 48 valence electrons. The molecule has 0 spiro atoms. The van der Waals surface area contributed by atoms with Crippen molar-refractivity contribution in [2.24, 2.45) is 5.73 Å². The number of hydrogen-bond acceptors (Lipinski definition) is 2. The van der Waals surface area contributed by atoms with E-state index in [0.29, 0.717) is 6.29 Å². The zero-order chi connectivity index (χ0) is 7.28. The number of nitrogens with two attached hydrogens (primary N) is 1. The molecule has 0 aromatic heterocycles. The van der Waals surface area contributed by atoms with Crippen molar-refractivity contribution in [2.75, 3.05) is 0 Å². The third-order valence-corrected chi connectivity index (χ3v) is 0.709. The van der Waals surface area contributed by atoms with Gasteiger partial charge in [-0.2, -0.15) is 0 Å². The molecule has 0 aliphatic heterocycles. The molecular weight excluding hydrogens is 118 g/mol. The second-order valence-electron chi connectivity index (χ2n) is 1.34. The third kappa shape index (κ3) is 2.43. The number of primary amides is 1. The Labute approximate surface area is 52.8 Å². The van der Waals surface area contributed by atoms with E-state index in [0.717, 1.165) is 0 Å². The van der Waals surface area contributed by atoms with Gasteiger partial charge in [0.15, 0.2) is 6.29 Å². The fourth-order valence-corrected chi connectivity index (χ4v) is 0.306. The molecule has 0 aliphatic carbocycles. The quantitative estimate of drug-likeness (QED) is 0.186. The summed E-state index contributed by atoms with van der Waals surface area (Å²) in [6.07, 6.45) is 2.98. The smallest absolute Gasteiger partial charge is 0.252 e. The zero-order valence-corrected chi connectivity index (χ0v) is 4.83. The number of allylic oxidation sites excluding steroid dienone is 2. The van der Waals surface area contributed by atoms with Crippen molar-refractivity contribution in [1.82, 2.24) is 0 Å². The van der Waals surface area contributed by atoms with Gasteiger partial charge in [-0.05, 0) is 6.08 Å². The number of rotatable bonds is 3. The van der Waals surface area contributed by atoms with Crippen LogP contribution in [0.15, 0.2) is 24.3 Å². The molecule has 3 nitrogen and oxygen atoms in total. The molecule has 2 N–H and O–H groups in total. The van der Waals surface area contributed by atoms with Gasteiger partial charge in [-0.15, -0.1) is 0 Å². The van der Waals surface area contributed by atoms with Crippen LogP contribution in [-0.4, -0.2) is 12.2 Å². The first-order chi connectivity index (χ1) is 4.22. The van der Waals surface area contributed by atoms with Crippen LogP contribution in [-0.2, 0) is 9.59 Å². The van der Waals surface area contributed by atoms with E-state index in [-0.39, 0.29) is 5.57 Å². The van der Waals surface area contributed by atoms with E-state index in [9.17, 15) is 9.59 Å². The molecule has 0 atom stereocenters. The van der Waals surface area contributed by atoms with Crippen LogP contribution >= 0.6 is 0 Å². The molecule has 0 aliphatic rings. The highest BCUT2D eigenvalue weighted by molar-refractivity contribution is 6.09. The van der Waals surface area contributed by atoms with Gasteiger partial charge in [0, 0.05) is 0 Å². The molecule has 0 saturated carbocycles. The summed E-state index contributed by atoms with van der Waals surface area (Å²) in [6.45, 7) is 3.29. The van der Waals surface area contributed by atoms with E-state index in [2.05, 4.69) is 6.58 Å². The number of carbonyl (C=O) groups is 2. The Morgan fingerprint density at radius 2 is 2.11 bits per heavy atom. The monoisotopic (exact) mass is 125 g/mol.